The van der Waals surface area contributed by atoms with Crippen LogP contribution in [0, 0.1) is 5.82 Å². The Labute approximate surface area is 174 Å². The Bertz CT molecular complexity index is 931. The molecule has 0 aliphatic carbocycles. The van der Waals surface area contributed by atoms with Gasteiger partial charge in [-0.3, -0.25) is 14.6 Å². The minimum Gasteiger partial charge on any atom is -0.494 e. The van der Waals surface area contributed by atoms with E-state index in [4.69, 9.17) is 9.47 Å². The zero-order valence-electron chi connectivity index (χ0n) is 17.0. The molecule has 7 nitrogen and oxygen atoms in total. The molecule has 2 atom stereocenters. The van der Waals surface area contributed by atoms with E-state index in [1.807, 2.05) is 17.0 Å². The van der Waals surface area contributed by atoms with Crippen LogP contribution in [-0.4, -0.2) is 66.1 Å². The number of ether oxygens (including phenoxy) is 2. The van der Waals surface area contributed by atoms with Gasteiger partial charge in [-0.25, -0.2) is 4.39 Å². The fraction of sp³-hybridized carbons (Fsp3) is 0.409. The molecular formula is C22H24FN3O4. The van der Waals surface area contributed by atoms with Crippen molar-refractivity contribution in [2.75, 3.05) is 27.3 Å². The third kappa shape index (κ3) is 3.52. The van der Waals surface area contributed by atoms with Gasteiger partial charge in [0.2, 0.25) is 0 Å². The predicted octanol–water partition coefficient (Wildman–Crippen LogP) is 2.43. The van der Waals surface area contributed by atoms with E-state index < -0.39 is 11.9 Å². The van der Waals surface area contributed by atoms with Gasteiger partial charge in [-0.1, -0.05) is 0 Å². The van der Waals surface area contributed by atoms with Crippen molar-refractivity contribution in [1.29, 1.82) is 0 Å². The number of methoxy groups -OCH3 is 2. The summed E-state index contributed by atoms with van der Waals surface area (Å²) in [6.45, 7) is 1.00. The first kappa shape index (κ1) is 20.3. The van der Waals surface area contributed by atoms with Crippen molar-refractivity contribution in [1.82, 2.24) is 14.8 Å². The number of hydrogen-bond acceptors (Lipinski definition) is 5. The van der Waals surface area contributed by atoms with Crippen molar-refractivity contribution in [2.45, 2.75) is 31.0 Å². The highest BCUT2D eigenvalue weighted by Gasteiger charge is 2.51. The van der Waals surface area contributed by atoms with Crippen molar-refractivity contribution in [3.8, 4) is 5.75 Å². The molecule has 0 saturated carbocycles. The largest absolute Gasteiger partial charge is 0.494 e. The van der Waals surface area contributed by atoms with Crippen LogP contribution in [0.5, 0.6) is 5.75 Å². The van der Waals surface area contributed by atoms with Gasteiger partial charge in [0.25, 0.3) is 11.8 Å². The van der Waals surface area contributed by atoms with Crippen LogP contribution < -0.4 is 4.74 Å². The number of amides is 2. The number of carbonyl (C=O) groups excluding carboxylic acids is 2. The standard InChI is InChI=1S/C22H24FN3O4/c1-29-18-4-3-15(13-17(18)23)21(27)25-11-7-16(8-12-25)26-19(20(30-2)22(26)28)14-5-9-24-10-6-14/h3-6,9-10,13,16,19-20H,7-8,11-12H2,1-2H3/t19-,20+/m0/s1. The zero-order chi connectivity index (χ0) is 21.3. The molecule has 0 bridgehead atoms. The number of benzene rings is 1. The Morgan fingerprint density at radius 2 is 1.83 bits per heavy atom. The summed E-state index contributed by atoms with van der Waals surface area (Å²) >= 11 is 0. The Kier molecular flexibility index (Phi) is 5.67. The normalized spacial score (nSPS) is 22.0. The van der Waals surface area contributed by atoms with Crippen LogP contribution in [0.4, 0.5) is 4.39 Å². The van der Waals surface area contributed by atoms with Gasteiger partial charge in [0, 0.05) is 44.2 Å². The van der Waals surface area contributed by atoms with E-state index >= 15 is 0 Å². The molecule has 1 aromatic heterocycles. The van der Waals surface area contributed by atoms with E-state index in [9.17, 15) is 14.0 Å². The molecule has 2 amide bonds. The summed E-state index contributed by atoms with van der Waals surface area (Å²) in [5, 5.41) is 0. The topological polar surface area (TPSA) is 72.0 Å². The van der Waals surface area contributed by atoms with Gasteiger partial charge in [0.05, 0.1) is 13.2 Å². The van der Waals surface area contributed by atoms with Gasteiger partial charge in [-0.15, -0.1) is 0 Å². The van der Waals surface area contributed by atoms with Crippen LogP contribution >= 0.6 is 0 Å². The quantitative estimate of drug-likeness (QED) is 0.704. The van der Waals surface area contributed by atoms with E-state index in [1.54, 1.807) is 30.5 Å². The van der Waals surface area contributed by atoms with Crippen LogP contribution in [0.3, 0.4) is 0 Å². The molecule has 2 aliphatic heterocycles. The lowest BCUT2D eigenvalue weighted by Gasteiger charge is -2.52. The molecule has 0 N–H and O–H groups in total. The SMILES string of the molecule is COc1ccc(C(=O)N2CCC(N3C(=O)[C@H](OC)[C@@H]3c3ccncc3)CC2)cc1F. The number of hydrogen-bond donors (Lipinski definition) is 0. The van der Waals surface area contributed by atoms with Gasteiger partial charge in [0.15, 0.2) is 17.7 Å². The van der Waals surface area contributed by atoms with Crippen molar-refractivity contribution < 1.29 is 23.5 Å². The monoisotopic (exact) mass is 413 g/mol. The van der Waals surface area contributed by atoms with Crippen molar-refractivity contribution >= 4 is 11.8 Å². The van der Waals surface area contributed by atoms with E-state index in [1.165, 1.54) is 19.2 Å². The summed E-state index contributed by atoms with van der Waals surface area (Å²) in [4.78, 5) is 33.1. The van der Waals surface area contributed by atoms with Crippen LogP contribution in [0.2, 0.25) is 0 Å². The van der Waals surface area contributed by atoms with E-state index in [0.717, 1.165) is 5.56 Å². The van der Waals surface area contributed by atoms with Gasteiger partial charge in [-0.05, 0) is 48.7 Å². The summed E-state index contributed by atoms with van der Waals surface area (Å²) < 4.78 is 24.3. The number of piperidine rings is 1. The first-order chi connectivity index (χ1) is 14.5. The highest BCUT2D eigenvalue weighted by Crippen LogP contribution is 2.40. The number of carbonyl (C=O) groups is 2. The summed E-state index contributed by atoms with van der Waals surface area (Å²) in [7, 11) is 2.93. The minimum atomic E-state index is -0.560. The van der Waals surface area contributed by atoms with Gasteiger partial charge in [-0.2, -0.15) is 0 Å². The molecule has 2 aliphatic rings. The molecule has 1 aromatic carbocycles. The number of nitrogens with zero attached hydrogens (tertiary/aromatic N) is 3. The fourth-order valence-corrected chi connectivity index (χ4v) is 4.34. The minimum absolute atomic E-state index is 0.0266. The Morgan fingerprint density at radius 1 is 1.13 bits per heavy atom. The molecular weight excluding hydrogens is 389 g/mol. The van der Waals surface area contributed by atoms with Crippen molar-refractivity contribution in [3.63, 3.8) is 0 Å². The molecule has 0 spiro atoms. The molecule has 3 heterocycles. The molecule has 2 saturated heterocycles. The Hall–Kier alpha value is -3.00. The second kappa shape index (κ2) is 8.39. The molecule has 0 radical (unpaired) electrons. The summed E-state index contributed by atoms with van der Waals surface area (Å²) in [6.07, 6.45) is 4.24. The highest BCUT2D eigenvalue weighted by atomic mass is 19.1. The van der Waals surface area contributed by atoms with E-state index in [2.05, 4.69) is 4.98 Å². The average Bonchev–Trinajstić information content (AvgIpc) is 2.78. The smallest absolute Gasteiger partial charge is 0.255 e. The predicted molar refractivity (Wildman–Crippen MR) is 106 cm³/mol. The van der Waals surface area contributed by atoms with Crippen molar-refractivity contribution in [3.05, 3.63) is 59.7 Å². The number of rotatable bonds is 5. The summed E-state index contributed by atoms with van der Waals surface area (Å²) in [5.41, 5.74) is 1.28. The maximum Gasteiger partial charge on any atom is 0.255 e. The van der Waals surface area contributed by atoms with E-state index in [0.29, 0.717) is 31.5 Å². The average molecular weight is 413 g/mol. The second-order valence-corrected chi connectivity index (χ2v) is 7.50. The molecule has 8 heteroatoms. The van der Waals surface area contributed by atoms with E-state index in [-0.39, 0.29) is 29.6 Å². The number of pyridine rings is 1. The first-order valence-corrected chi connectivity index (χ1v) is 9.93. The molecule has 30 heavy (non-hydrogen) atoms. The maximum absolute atomic E-state index is 14.0. The number of aromatic nitrogens is 1. The van der Waals surface area contributed by atoms with Crippen LogP contribution in [0.1, 0.15) is 34.8 Å². The maximum atomic E-state index is 14.0. The molecule has 158 valence electrons. The number of β-lactam (4-membered cyclic amide) rings is 1. The summed E-state index contributed by atoms with van der Waals surface area (Å²) in [5.74, 6) is -0.696. The van der Waals surface area contributed by atoms with Gasteiger partial charge in [0.1, 0.15) is 0 Å². The second-order valence-electron chi connectivity index (χ2n) is 7.50. The van der Waals surface area contributed by atoms with Crippen molar-refractivity contribution in [2.24, 2.45) is 0 Å². The van der Waals surface area contributed by atoms with Gasteiger partial charge >= 0.3 is 0 Å². The fourth-order valence-electron chi connectivity index (χ4n) is 4.34. The zero-order valence-corrected chi connectivity index (χ0v) is 17.0. The third-order valence-electron chi connectivity index (χ3n) is 5.93. The summed E-state index contributed by atoms with van der Waals surface area (Å²) in [6, 6.07) is 7.90. The Morgan fingerprint density at radius 3 is 2.43 bits per heavy atom. The lowest BCUT2D eigenvalue weighted by Crippen LogP contribution is -2.64. The molecule has 2 fully saturated rings. The lowest BCUT2D eigenvalue weighted by molar-refractivity contribution is -0.178. The molecule has 0 unspecified atom stereocenters. The third-order valence-corrected chi connectivity index (χ3v) is 5.93. The first-order valence-electron chi connectivity index (χ1n) is 9.93. The highest BCUT2D eigenvalue weighted by molar-refractivity contribution is 5.94. The van der Waals surface area contributed by atoms with Crippen LogP contribution in [0.15, 0.2) is 42.7 Å². The molecule has 4 rings (SSSR count). The number of likely N-dealkylation sites (tertiary alicyclic amines) is 2. The number of halogens is 1. The lowest BCUT2D eigenvalue weighted by atomic mass is 9.86. The van der Waals surface area contributed by atoms with Gasteiger partial charge < -0.3 is 19.3 Å². The van der Waals surface area contributed by atoms with Crippen LogP contribution in [0.25, 0.3) is 0 Å². The molecule has 2 aromatic rings. The van der Waals surface area contributed by atoms with Crippen LogP contribution in [-0.2, 0) is 9.53 Å². The Balaban J connectivity index is 1.43.